The van der Waals surface area contributed by atoms with Gasteiger partial charge in [0.25, 0.3) is 0 Å². The van der Waals surface area contributed by atoms with Crippen molar-refractivity contribution in [3.63, 3.8) is 0 Å². The summed E-state index contributed by atoms with van der Waals surface area (Å²) in [5.41, 5.74) is 6.57. The lowest BCUT2D eigenvalue weighted by Gasteiger charge is -2.11. The molecule has 3 heteroatoms. The van der Waals surface area contributed by atoms with Crippen molar-refractivity contribution in [3.05, 3.63) is 78.9 Å². The molecule has 0 unspecified atom stereocenters. The average molecular weight is 297 g/mol. The van der Waals surface area contributed by atoms with Crippen LogP contribution in [0.15, 0.2) is 73.3 Å². The summed E-state index contributed by atoms with van der Waals surface area (Å²) in [4.78, 5) is 13.0. The molecule has 3 nitrogen and oxygen atoms in total. The van der Waals surface area contributed by atoms with Gasteiger partial charge in [0.15, 0.2) is 0 Å². The van der Waals surface area contributed by atoms with E-state index in [1.807, 2.05) is 24.5 Å². The number of hydrogen-bond acceptors (Lipinski definition) is 3. The van der Waals surface area contributed by atoms with Gasteiger partial charge in [-0.25, -0.2) is 9.97 Å². The van der Waals surface area contributed by atoms with Gasteiger partial charge in [-0.3, -0.25) is 4.98 Å². The third-order valence-electron chi connectivity index (χ3n) is 4.02. The number of pyridine rings is 1. The van der Waals surface area contributed by atoms with E-state index in [9.17, 15) is 0 Å². The van der Waals surface area contributed by atoms with Crippen LogP contribution in [0.1, 0.15) is 5.56 Å². The van der Waals surface area contributed by atoms with Crippen LogP contribution in [0.4, 0.5) is 0 Å². The normalized spacial score (nSPS) is 10.8. The number of nitrogens with zero attached hydrogens (tertiary/aromatic N) is 3. The van der Waals surface area contributed by atoms with Crippen LogP contribution < -0.4 is 0 Å². The van der Waals surface area contributed by atoms with Crippen molar-refractivity contribution < 1.29 is 0 Å². The number of benzene rings is 2. The lowest BCUT2D eigenvalue weighted by molar-refractivity contribution is 1.22. The van der Waals surface area contributed by atoms with Crippen LogP contribution in [0.5, 0.6) is 0 Å². The third kappa shape index (κ3) is 2.46. The van der Waals surface area contributed by atoms with Gasteiger partial charge in [-0.2, -0.15) is 0 Å². The summed E-state index contributed by atoms with van der Waals surface area (Å²) in [6.45, 7) is 2.11. The van der Waals surface area contributed by atoms with E-state index in [4.69, 9.17) is 0 Å². The molecule has 0 atom stereocenters. The van der Waals surface area contributed by atoms with Crippen molar-refractivity contribution >= 4 is 10.9 Å². The molecule has 23 heavy (non-hydrogen) atoms. The predicted octanol–water partition coefficient (Wildman–Crippen LogP) is 4.67. The quantitative estimate of drug-likeness (QED) is 0.540. The van der Waals surface area contributed by atoms with Crippen molar-refractivity contribution in [2.24, 2.45) is 0 Å². The summed E-state index contributed by atoms with van der Waals surface area (Å²) in [5, 5.41) is 1.03. The largest absolute Gasteiger partial charge is 0.256 e. The van der Waals surface area contributed by atoms with Crippen molar-refractivity contribution in [1.82, 2.24) is 15.0 Å². The fourth-order valence-corrected chi connectivity index (χ4v) is 2.84. The van der Waals surface area contributed by atoms with Gasteiger partial charge in [0.2, 0.25) is 0 Å². The van der Waals surface area contributed by atoms with E-state index >= 15 is 0 Å². The minimum Gasteiger partial charge on any atom is -0.256 e. The van der Waals surface area contributed by atoms with Gasteiger partial charge in [0.05, 0.1) is 11.2 Å². The molecule has 0 fully saturated rings. The Hall–Kier alpha value is -3.07. The van der Waals surface area contributed by atoms with E-state index in [-0.39, 0.29) is 0 Å². The highest BCUT2D eigenvalue weighted by atomic mass is 14.8. The first kappa shape index (κ1) is 13.6. The van der Waals surface area contributed by atoms with E-state index in [2.05, 4.69) is 64.3 Å². The zero-order valence-corrected chi connectivity index (χ0v) is 12.8. The highest BCUT2D eigenvalue weighted by molar-refractivity contribution is 5.88. The fourth-order valence-electron chi connectivity index (χ4n) is 2.84. The lowest BCUT2D eigenvalue weighted by Crippen LogP contribution is -1.91. The van der Waals surface area contributed by atoms with Crippen molar-refractivity contribution in [1.29, 1.82) is 0 Å². The summed E-state index contributed by atoms with van der Waals surface area (Å²) in [7, 11) is 0. The molecule has 0 bridgehead atoms. The van der Waals surface area contributed by atoms with Gasteiger partial charge in [-0.05, 0) is 36.2 Å². The molecule has 0 saturated heterocycles. The molecular formula is C20H15N3. The Kier molecular flexibility index (Phi) is 3.31. The zero-order valence-electron chi connectivity index (χ0n) is 12.8. The Morgan fingerprint density at radius 3 is 2.61 bits per heavy atom. The minimum atomic E-state index is 0.949. The van der Waals surface area contributed by atoms with Gasteiger partial charge in [0, 0.05) is 28.9 Å². The van der Waals surface area contributed by atoms with Crippen LogP contribution in [-0.4, -0.2) is 15.0 Å². The highest BCUT2D eigenvalue weighted by Gasteiger charge is 2.10. The maximum Gasteiger partial charge on any atom is 0.116 e. The minimum absolute atomic E-state index is 0.949. The second kappa shape index (κ2) is 5.61. The molecule has 0 aliphatic carbocycles. The van der Waals surface area contributed by atoms with E-state index < -0.39 is 0 Å². The summed E-state index contributed by atoms with van der Waals surface area (Å²) in [5.74, 6) is 0. The second-order valence-corrected chi connectivity index (χ2v) is 5.51. The first-order valence-corrected chi connectivity index (χ1v) is 7.54. The molecule has 4 aromatic rings. The lowest BCUT2D eigenvalue weighted by atomic mass is 9.96. The van der Waals surface area contributed by atoms with Crippen molar-refractivity contribution in [2.45, 2.75) is 6.92 Å². The Bertz CT molecular complexity index is 992. The molecule has 110 valence electrons. The molecule has 0 N–H and O–H groups in total. The Labute approximate surface area is 134 Å². The predicted molar refractivity (Wildman–Crippen MR) is 92.9 cm³/mol. The molecule has 0 spiro atoms. The fraction of sp³-hybridized carbons (Fsp3) is 0.0500. The molecule has 0 aliphatic rings. The molecule has 2 aromatic heterocycles. The Morgan fingerprint density at radius 1 is 0.826 bits per heavy atom. The molecular weight excluding hydrogens is 282 g/mol. The van der Waals surface area contributed by atoms with Crippen LogP contribution in [0.25, 0.3) is 33.3 Å². The number of rotatable bonds is 2. The highest BCUT2D eigenvalue weighted by Crippen LogP contribution is 2.32. The average Bonchev–Trinajstić information content (AvgIpc) is 2.62. The summed E-state index contributed by atoms with van der Waals surface area (Å²) >= 11 is 0. The SMILES string of the molecule is Cc1ccccc1-c1ncccc1-c1ccc2ncncc2c1. The second-order valence-electron chi connectivity index (χ2n) is 5.51. The van der Waals surface area contributed by atoms with Gasteiger partial charge in [-0.1, -0.05) is 36.4 Å². The monoisotopic (exact) mass is 297 g/mol. The van der Waals surface area contributed by atoms with Crippen LogP contribution in [-0.2, 0) is 0 Å². The van der Waals surface area contributed by atoms with Crippen LogP contribution in [0.3, 0.4) is 0 Å². The smallest absolute Gasteiger partial charge is 0.116 e. The topological polar surface area (TPSA) is 38.7 Å². The molecule has 2 heterocycles. The van der Waals surface area contributed by atoms with Gasteiger partial charge in [-0.15, -0.1) is 0 Å². The maximum atomic E-state index is 4.63. The third-order valence-corrected chi connectivity index (χ3v) is 4.02. The Morgan fingerprint density at radius 2 is 1.70 bits per heavy atom. The maximum absolute atomic E-state index is 4.63. The summed E-state index contributed by atoms with van der Waals surface area (Å²) in [6.07, 6.45) is 5.26. The van der Waals surface area contributed by atoms with Gasteiger partial charge >= 0.3 is 0 Å². The molecule has 0 aliphatic heterocycles. The van der Waals surface area contributed by atoms with Crippen LogP contribution in [0.2, 0.25) is 0 Å². The molecule has 0 radical (unpaired) electrons. The summed E-state index contributed by atoms with van der Waals surface area (Å²) in [6, 6.07) is 18.7. The Balaban J connectivity index is 1.93. The van der Waals surface area contributed by atoms with E-state index in [1.165, 1.54) is 5.56 Å². The van der Waals surface area contributed by atoms with Crippen LogP contribution >= 0.6 is 0 Å². The van der Waals surface area contributed by atoms with E-state index in [0.717, 1.165) is 33.3 Å². The molecule has 0 amide bonds. The van der Waals surface area contributed by atoms with E-state index in [1.54, 1.807) is 6.33 Å². The number of aryl methyl sites for hydroxylation is 1. The van der Waals surface area contributed by atoms with Gasteiger partial charge < -0.3 is 0 Å². The zero-order chi connectivity index (χ0) is 15.6. The number of fused-ring (bicyclic) bond motifs is 1. The van der Waals surface area contributed by atoms with Gasteiger partial charge in [0.1, 0.15) is 6.33 Å². The van der Waals surface area contributed by atoms with Crippen molar-refractivity contribution in [3.8, 4) is 22.4 Å². The molecule has 2 aromatic carbocycles. The molecule has 4 rings (SSSR count). The molecule has 0 saturated carbocycles. The summed E-state index contributed by atoms with van der Waals surface area (Å²) < 4.78 is 0. The van der Waals surface area contributed by atoms with Crippen molar-refractivity contribution in [2.75, 3.05) is 0 Å². The van der Waals surface area contributed by atoms with E-state index in [0.29, 0.717) is 0 Å². The standard InChI is InChI=1S/C20H15N3/c1-14-5-2-3-6-17(14)20-18(7-4-10-22-20)15-8-9-19-16(11-15)12-21-13-23-19/h2-13H,1H3. The first-order valence-electron chi connectivity index (χ1n) is 7.54. The first-order chi connectivity index (χ1) is 11.3. The number of hydrogen-bond donors (Lipinski definition) is 0. The van der Waals surface area contributed by atoms with Crippen LogP contribution in [0, 0.1) is 6.92 Å². The number of aromatic nitrogens is 3.